The lowest BCUT2D eigenvalue weighted by Crippen LogP contribution is -2.04. The molecular formula is C24H25O6P. The van der Waals surface area contributed by atoms with E-state index >= 15 is 0 Å². The summed E-state index contributed by atoms with van der Waals surface area (Å²) in [4.78, 5) is 11.0. The van der Waals surface area contributed by atoms with E-state index in [0.717, 1.165) is 11.1 Å². The van der Waals surface area contributed by atoms with Crippen LogP contribution in [0.1, 0.15) is 25.0 Å². The van der Waals surface area contributed by atoms with Crippen molar-refractivity contribution in [1.82, 2.24) is 0 Å². The molecule has 0 aliphatic heterocycles. The van der Waals surface area contributed by atoms with E-state index in [1.807, 2.05) is 54.6 Å². The molecule has 0 N–H and O–H groups in total. The van der Waals surface area contributed by atoms with Gasteiger partial charge in [0.15, 0.2) is 0 Å². The van der Waals surface area contributed by atoms with E-state index in [1.165, 1.54) is 6.92 Å². The monoisotopic (exact) mass is 440 g/mol. The van der Waals surface area contributed by atoms with Crippen molar-refractivity contribution in [3.05, 3.63) is 90.0 Å². The molecule has 0 saturated carbocycles. The second kappa shape index (κ2) is 10.8. The Morgan fingerprint density at radius 2 is 1.48 bits per heavy atom. The average Bonchev–Trinajstić information content (AvgIpc) is 2.78. The van der Waals surface area contributed by atoms with Gasteiger partial charge in [-0.1, -0.05) is 55.5 Å². The third kappa shape index (κ3) is 6.99. The number of ether oxygens (including phenoxy) is 2. The molecule has 0 fully saturated rings. The van der Waals surface area contributed by atoms with E-state index in [0.29, 0.717) is 23.9 Å². The highest BCUT2D eigenvalue weighted by atomic mass is 31.2. The molecule has 0 radical (unpaired) electrons. The Balaban J connectivity index is 1.63. The fourth-order valence-electron chi connectivity index (χ4n) is 2.74. The molecule has 0 spiro atoms. The Labute approximate surface area is 182 Å². The summed E-state index contributed by atoms with van der Waals surface area (Å²) >= 11 is 0. The van der Waals surface area contributed by atoms with Crippen molar-refractivity contribution in [2.24, 2.45) is 0 Å². The van der Waals surface area contributed by atoms with Crippen LogP contribution in [0.2, 0.25) is 0 Å². The Kier molecular flexibility index (Phi) is 7.88. The van der Waals surface area contributed by atoms with Gasteiger partial charge in [-0.2, -0.15) is 0 Å². The molecule has 0 aliphatic rings. The lowest BCUT2D eigenvalue weighted by atomic mass is 10.2. The minimum atomic E-state index is -3.39. The molecule has 31 heavy (non-hydrogen) atoms. The van der Waals surface area contributed by atoms with Crippen molar-refractivity contribution in [3.63, 3.8) is 0 Å². The van der Waals surface area contributed by atoms with Gasteiger partial charge in [0.05, 0.1) is 12.8 Å². The van der Waals surface area contributed by atoms with Crippen LogP contribution in [0.5, 0.6) is 17.2 Å². The van der Waals surface area contributed by atoms with Gasteiger partial charge in [0, 0.05) is 12.5 Å². The van der Waals surface area contributed by atoms with Crippen LogP contribution in [-0.2, 0) is 27.1 Å². The van der Waals surface area contributed by atoms with Crippen molar-refractivity contribution in [2.45, 2.75) is 27.1 Å². The third-order valence-electron chi connectivity index (χ3n) is 4.34. The Hall–Kier alpha value is -3.08. The number of esters is 1. The number of para-hydroxylation sites is 1. The maximum absolute atomic E-state index is 13.1. The van der Waals surface area contributed by atoms with Crippen LogP contribution >= 0.6 is 7.60 Å². The molecule has 0 aromatic heterocycles. The van der Waals surface area contributed by atoms with Gasteiger partial charge in [-0.3, -0.25) is 9.32 Å². The van der Waals surface area contributed by atoms with Gasteiger partial charge >= 0.3 is 13.6 Å². The summed E-state index contributed by atoms with van der Waals surface area (Å²) in [6, 6.07) is 23.6. The Bertz CT molecular complexity index is 1030. The van der Waals surface area contributed by atoms with E-state index in [9.17, 15) is 9.36 Å². The van der Waals surface area contributed by atoms with E-state index in [2.05, 4.69) is 0 Å². The molecule has 1 atom stereocenters. The molecule has 0 bridgehead atoms. The molecule has 6 nitrogen and oxygen atoms in total. The lowest BCUT2D eigenvalue weighted by Gasteiger charge is -2.19. The van der Waals surface area contributed by atoms with Crippen LogP contribution in [-0.4, -0.2) is 12.1 Å². The van der Waals surface area contributed by atoms with Crippen molar-refractivity contribution in [3.8, 4) is 17.2 Å². The fraction of sp³-hybridized carbons (Fsp3) is 0.208. The smallest absolute Gasteiger partial charge is 0.379 e. The van der Waals surface area contributed by atoms with E-state index in [1.54, 1.807) is 31.2 Å². The molecular weight excluding hydrogens is 415 g/mol. The van der Waals surface area contributed by atoms with E-state index < -0.39 is 13.6 Å². The van der Waals surface area contributed by atoms with Gasteiger partial charge in [-0.25, -0.2) is 4.57 Å². The minimum Gasteiger partial charge on any atom is -0.489 e. The zero-order valence-electron chi connectivity index (χ0n) is 17.5. The summed E-state index contributed by atoms with van der Waals surface area (Å²) in [5, 5.41) is 0. The number of carbonyl (C=O) groups is 1. The molecule has 1 unspecified atom stereocenters. The summed E-state index contributed by atoms with van der Waals surface area (Å²) < 4.78 is 35.4. The zero-order chi connectivity index (χ0) is 22.1. The Morgan fingerprint density at radius 3 is 2.16 bits per heavy atom. The standard InChI is InChI=1S/C24H25O6P/c1-3-31(26,30-23-15-13-22(14-16-23)29-19(2)25)28-18-21-11-7-8-12-24(21)27-17-20-9-5-4-6-10-20/h4-16H,3,17-18H2,1-2H3. The number of benzene rings is 3. The quantitative estimate of drug-likeness (QED) is 0.219. The van der Waals surface area contributed by atoms with Gasteiger partial charge in [0.1, 0.15) is 23.9 Å². The van der Waals surface area contributed by atoms with Crippen molar-refractivity contribution in [1.29, 1.82) is 0 Å². The van der Waals surface area contributed by atoms with Crippen LogP contribution in [0.25, 0.3) is 0 Å². The predicted octanol–water partition coefficient (Wildman–Crippen LogP) is 6.00. The molecule has 0 aliphatic carbocycles. The first kappa shape index (κ1) is 22.6. The highest BCUT2D eigenvalue weighted by Crippen LogP contribution is 2.49. The predicted molar refractivity (Wildman–Crippen MR) is 119 cm³/mol. The topological polar surface area (TPSA) is 71.1 Å². The average molecular weight is 440 g/mol. The van der Waals surface area contributed by atoms with Crippen LogP contribution < -0.4 is 14.0 Å². The van der Waals surface area contributed by atoms with Gasteiger partial charge in [-0.05, 0) is 35.9 Å². The largest absolute Gasteiger partial charge is 0.489 e. The van der Waals surface area contributed by atoms with Crippen molar-refractivity contribution < 1.29 is 27.9 Å². The second-order valence-corrected chi connectivity index (χ2v) is 9.03. The molecule has 3 aromatic carbocycles. The van der Waals surface area contributed by atoms with Crippen LogP contribution in [0.4, 0.5) is 0 Å². The SMILES string of the molecule is CCP(=O)(OCc1ccccc1OCc1ccccc1)Oc1ccc(OC(C)=O)cc1. The first-order valence-corrected chi connectivity index (χ1v) is 11.7. The normalized spacial score (nSPS) is 12.6. The van der Waals surface area contributed by atoms with Crippen LogP contribution in [0.3, 0.4) is 0 Å². The summed E-state index contributed by atoms with van der Waals surface area (Å²) in [6.45, 7) is 3.58. The number of hydrogen-bond acceptors (Lipinski definition) is 6. The first-order valence-electron chi connectivity index (χ1n) is 9.94. The molecule has 3 aromatic rings. The van der Waals surface area contributed by atoms with Crippen molar-refractivity contribution in [2.75, 3.05) is 6.16 Å². The maximum atomic E-state index is 13.1. The summed E-state index contributed by atoms with van der Waals surface area (Å²) in [6.07, 6.45) is 0.200. The summed E-state index contributed by atoms with van der Waals surface area (Å²) in [7, 11) is -3.39. The molecule has 162 valence electrons. The van der Waals surface area contributed by atoms with E-state index in [4.69, 9.17) is 18.5 Å². The highest BCUT2D eigenvalue weighted by Gasteiger charge is 2.24. The van der Waals surface area contributed by atoms with Crippen LogP contribution in [0.15, 0.2) is 78.9 Å². The van der Waals surface area contributed by atoms with E-state index in [-0.39, 0.29) is 12.8 Å². The van der Waals surface area contributed by atoms with Gasteiger partial charge in [-0.15, -0.1) is 0 Å². The highest BCUT2D eigenvalue weighted by molar-refractivity contribution is 7.54. The molecule has 3 rings (SSSR count). The second-order valence-electron chi connectivity index (χ2n) is 6.74. The first-order chi connectivity index (χ1) is 15.0. The summed E-state index contributed by atoms with van der Waals surface area (Å²) in [5.41, 5.74) is 1.83. The fourth-order valence-corrected chi connectivity index (χ4v) is 3.89. The number of hydrogen-bond donors (Lipinski definition) is 0. The number of rotatable bonds is 10. The lowest BCUT2D eigenvalue weighted by molar-refractivity contribution is -0.131. The summed E-state index contributed by atoms with van der Waals surface area (Å²) in [5.74, 6) is 1.01. The molecule has 7 heteroatoms. The Morgan fingerprint density at radius 1 is 0.839 bits per heavy atom. The zero-order valence-corrected chi connectivity index (χ0v) is 18.4. The minimum absolute atomic E-state index is 0.0849. The molecule has 0 saturated heterocycles. The number of carbonyl (C=O) groups excluding carboxylic acids is 1. The van der Waals surface area contributed by atoms with Gasteiger partial charge in [0.2, 0.25) is 0 Å². The van der Waals surface area contributed by atoms with Gasteiger partial charge < -0.3 is 14.0 Å². The van der Waals surface area contributed by atoms with Crippen molar-refractivity contribution >= 4 is 13.6 Å². The third-order valence-corrected chi connectivity index (χ3v) is 6.13. The maximum Gasteiger partial charge on any atom is 0.379 e. The van der Waals surface area contributed by atoms with Crippen LogP contribution in [0, 0.1) is 0 Å². The molecule has 0 amide bonds. The molecule has 0 heterocycles. The van der Waals surface area contributed by atoms with Gasteiger partial charge in [0.25, 0.3) is 0 Å².